The van der Waals surface area contributed by atoms with Crippen molar-refractivity contribution in [2.45, 2.75) is 6.92 Å². The largest absolute Gasteiger partial charge is 0.506 e. The molecule has 0 spiro atoms. The molecular weight excluding hydrogens is 366 g/mol. The molecule has 1 N–H and O–H groups in total. The number of piperazine rings is 1. The highest BCUT2D eigenvalue weighted by Crippen LogP contribution is 2.30. The lowest BCUT2D eigenvalue weighted by molar-refractivity contribution is 0.472. The van der Waals surface area contributed by atoms with E-state index in [-0.39, 0.29) is 11.3 Å². The number of nitriles is 1. The van der Waals surface area contributed by atoms with Crippen LogP contribution >= 0.6 is 0 Å². The fourth-order valence-corrected chi connectivity index (χ4v) is 3.61. The van der Waals surface area contributed by atoms with Crippen molar-refractivity contribution in [3.05, 3.63) is 76.1 Å². The molecule has 29 heavy (non-hydrogen) atoms. The van der Waals surface area contributed by atoms with Gasteiger partial charge < -0.3 is 19.3 Å². The Balaban J connectivity index is 1.63. The summed E-state index contributed by atoms with van der Waals surface area (Å²) in [5.74, 6) is 0.702. The Kier molecular flexibility index (Phi) is 4.96. The maximum atomic E-state index is 12.4. The van der Waals surface area contributed by atoms with Crippen LogP contribution in [0.4, 0.5) is 11.4 Å². The molecule has 6 heteroatoms. The van der Waals surface area contributed by atoms with E-state index in [9.17, 15) is 15.2 Å². The molecule has 0 bridgehead atoms. The average molecular weight is 387 g/mol. The first-order chi connectivity index (χ1) is 14.1. The number of hydrogen-bond acceptors (Lipinski definition) is 6. The Hall–Kier alpha value is -3.72. The summed E-state index contributed by atoms with van der Waals surface area (Å²) in [4.78, 5) is 16.6. The zero-order valence-electron chi connectivity index (χ0n) is 16.1. The number of anilines is 2. The highest BCUT2D eigenvalue weighted by atomic mass is 16.4. The van der Waals surface area contributed by atoms with E-state index < -0.39 is 5.63 Å². The van der Waals surface area contributed by atoms with E-state index in [2.05, 4.69) is 4.90 Å². The van der Waals surface area contributed by atoms with Crippen molar-refractivity contribution in [3.8, 4) is 23.1 Å². The van der Waals surface area contributed by atoms with Crippen molar-refractivity contribution >= 4 is 11.4 Å². The van der Waals surface area contributed by atoms with Crippen LogP contribution in [0.5, 0.6) is 5.75 Å². The second-order valence-electron chi connectivity index (χ2n) is 7.10. The zero-order valence-corrected chi connectivity index (χ0v) is 16.1. The van der Waals surface area contributed by atoms with E-state index in [1.807, 2.05) is 54.3 Å². The van der Waals surface area contributed by atoms with Crippen molar-refractivity contribution in [1.82, 2.24) is 0 Å². The van der Waals surface area contributed by atoms with Gasteiger partial charge in [0.1, 0.15) is 17.6 Å². The first kappa shape index (κ1) is 18.6. The van der Waals surface area contributed by atoms with E-state index >= 15 is 0 Å². The number of aryl methyl sites for hydroxylation is 1. The summed E-state index contributed by atoms with van der Waals surface area (Å²) in [6.07, 6.45) is 0. The summed E-state index contributed by atoms with van der Waals surface area (Å²) in [6.45, 7) is 4.58. The summed E-state index contributed by atoms with van der Waals surface area (Å²) < 4.78 is 5.41. The number of phenols is 1. The number of hydrogen-bond donors (Lipinski definition) is 1. The minimum Gasteiger partial charge on any atom is -0.506 e. The normalized spacial score (nSPS) is 13.9. The van der Waals surface area contributed by atoms with Crippen molar-refractivity contribution in [3.63, 3.8) is 0 Å². The van der Waals surface area contributed by atoms with E-state index in [1.165, 1.54) is 0 Å². The van der Waals surface area contributed by atoms with Gasteiger partial charge in [-0.05, 0) is 19.1 Å². The molecular formula is C23H21N3O3. The molecule has 1 aliphatic rings. The van der Waals surface area contributed by atoms with Gasteiger partial charge in [-0.15, -0.1) is 0 Å². The third kappa shape index (κ3) is 3.67. The van der Waals surface area contributed by atoms with E-state index in [0.717, 1.165) is 16.8 Å². The summed E-state index contributed by atoms with van der Waals surface area (Å²) >= 11 is 0. The monoisotopic (exact) mass is 387 g/mol. The lowest BCUT2D eigenvalue weighted by Gasteiger charge is -2.37. The van der Waals surface area contributed by atoms with Crippen molar-refractivity contribution < 1.29 is 9.52 Å². The first-order valence-electron chi connectivity index (χ1n) is 9.50. The van der Waals surface area contributed by atoms with Crippen LogP contribution in [0.25, 0.3) is 11.3 Å². The van der Waals surface area contributed by atoms with Gasteiger partial charge in [0.25, 0.3) is 0 Å². The Morgan fingerprint density at radius 1 is 0.966 bits per heavy atom. The maximum Gasteiger partial charge on any atom is 0.356 e. The molecule has 1 saturated heterocycles. The van der Waals surface area contributed by atoms with Crippen LogP contribution in [0.3, 0.4) is 0 Å². The Morgan fingerprint density at radius 2 is 1.59 bits per heavy atom. The fraction of sp³-hybridized carbons (Fsp3) is 0.217. The Morgan fingerprint density at radius 3 is 2.21 bits per heavy atom. The van der Waals surface area contributed by atoms with Gasteiger partial charge in [-0.25, -0.2) is 4.79 Å². The second-order valence-corrected chi connectivity index (χ2v) is 7.10. The van der Waals surface area contributed by atoms with Gasteiger partial charge in [0.15, 0.2) is 5.56 Å². The minimum atomic E-state index is -0.622. The lowest BCUT2D eigenvalue weighted by atomic mass is 10.1. The summed E-state index contributed by atoms with van der Waals surface area (Å²) in [6, 6.07) is 18.7. The summed E-state index contributed by atoms with van der Waals surface area (Å²) in [5.41, 5.74) is 2.70. The quantitative estimate of drug-likeness (QED) is 0.741. The predicted molar refractivity (Wildman–Crippen MR) is 112 cm³/mol. The van der Waals surface area contributed by atoms with E-state index in [0.29, 0.717) is 37.6 Å². The third-order valence-electron chi connectivity index (χ3n) is 5.22. The van der Waals surface area contributed by atoms with Gasteiger partial charge in [-0.3, -0.25) is 0 Å². The molecule has 0 radical (unpaired) electrons. The molecule has 4 rings (SSSR count). The fourth-order valence-electron chi connectivity index (χ4n) is 3.61. The van der Waals surface area contributed by atoms with Gasteiger partial charge in [-0.2, -0.15) is 5.26 Å². The van der Waals surface area contributed by atoms with Gasteiger partial charge >= 0.3 is 5.63 Å². The molecule has 0 saturated carbocycles. The van der Waals surface area contributed by atoms with Crippen LogP contribution < -0.4 is 15.4 Å². The predicted octanol–water partition coefficient (Wildman–Crippen LogP) is 3.52. The number of benzene rings is 2. The maximum absolute atomic E-state index is 12.4. The summed E-state index contributed by atoms with van der Waals surface area (Å²) in [5, 5.41) is 19.6. The Bertz CT molecular complexity index is 1120. The van der Waals surface area contributed by atoms with Crippen LogP contribution in [0, 0.1) is 18.3 Å². The molecule has 3 aromatic rings. The van der Waals surface area contributed by atoms with Crippen LogP contribution in [0.1, 0.15) is 11.1 Å². The number of phenolic OH excluding ortho intramolecular Hbond substituents is 1. The molecule has 0 unspecified atom stereocenters. The molecule has 2 heterocycles. The van der Waals surface area contributed by atoms with E-state index in [4.69, 9.17) is 4.42 Å². The molecule has 1 fully saturated rings. The SMILES string of the molecule is Cc1ccc(-c2cc(N3CCN(c4ccccc4O)CC3)c(C#N)c(=O)o2)cc1. The van der Waals surface area contributed by atoms with Crippen LogP contribution in [-0.4, -0.2) is 31.3 Å². The highest BCUT2D eigenvalue weighted by Gasteiger charge is 2.23. The van der Waals surface area contributed by atoms with Gasteiger partial charge in [0.2, 0.25) is 0 Å². The molecule has 6 nitrogen and oxygen atoms in total. The Labute approximate surface area is 168 Å². The van der Waals surface area contributed by atoms with Crippen LogP contribution in [0.15, 0.2) is 63.8 Å². The zero-order chi connectivity index (χ0) is 20.4. The molecule has 2 aromatic carbocycles. The minimum absolute atomic E-state index is 0.0249. The molecule has 1 aliphatic heterocycles. The molecule has 0 aliphatic carbocycles. The standard InChI is InChI=1S/C23H21N3O3/c1-16-6-8-17(9-7-16)22-14-20(18(15-24)23(28)29-22)26-12-10-25(11-13-26)19-4-2-3-5-21(19)27/h2-9,14,27H,10-13H2,1H3. The molecule has 146 valence electrons. The smallest absolute Gasteiger partial charge is 0.356 e. The average Bonchev–Trinajstić information content (AvgIpc) is 2.74. The highest BCUT2D eigenvalue weighted by molar-refractivity contribution is 5.68. The number of para-hydroxylation sites is 2. The number of nitrogens with zero attached hydrogens (tertiary/aromatic N) is 3. The van der Waals surface area contributed by atoms with Gasteiger partial charge in [0.05, 0.1) is 11.4 Å². The summed E-state index contributed by atoms with van der Waals surface area (Å²) in [7, 11) is 0. The topological polar surface area (TPSA) is 80.7 Å². The van der Waals surface area contributed by atoms with Crippen LogP contribution in [0.2, 0.25) is 0 Å². The van der Waals surface area contributed by atoms with Crippen molar-refractivity contribution in [2.75, 3.05) is 36.0 Å². The third-order valence-corrected chi connectivity index (χ3v) is 5.22. The van der Waals surface area contributed by atoms with Crippen LogP contribution in [-0.2, 0) is 0 Å². The lowest BCUT2D eigenvalue weighted by Crippen LogP contribution is -2.47. The molecule has 0 atom stereocenters. The number of rotatable bonds is 3. The van der Waals surface area contributed by atoms with Gasteiger partial charge in [0, 0.05) is 37.8 Å². The van der Waals surface area contributed by atoms with Crippen molar-refractivity contribution in [2.24, 2.45) is 0 Å². The number of aromatic hydroxyl groups is 1. The molecule has 1 aromatic heterocycles. The second kappa shape index (κ2) is 7.72. The van der Waals surface area contributed by atoms with Crippen molar-refractivity contribution in [1.29, 1.82) is 5.26 Å². The first-order valence-corrected chi connectivity index (χ1v) is 9.50. The van der Waals surface area contributed by atoms with Gasteiger partial charge in [-0.1, -0.05) is 42.0 Å². The molecule has 0 amide bonds. The van der Waals surface area contributed by atoms with E-state index in [1.54, 1.807) is 18.2 Å².